The molecule has 0 spiro atoms. The third-order valence-corrected chi connectivity index (χ3v) is 6.41. The molecule has 3 aromatic rings. The van der Waals surface area contributed by atoms with Crippen LogP contribution in [0, 0.1) is 6.92 Å². The molecule has 3 heterocycles. The van der Waals surface area contributed by atoms with Gasteiger partial charge in [0, 0.05) is 25.9 Å². The van der Waals surface area contributed by atoms with Gasteiger partial charge in [0.25, 0.3) is 5.56 Å². The van der Waals surface area contributed by atoms with Gasteiger partial charge in [-0.25, -0.2) is 4.98 Å². The molecule has 192 valence electrons. The molecule has 12 nitrogen and oxygen atoms in total. The Labute approximate surface area is 210 Å². The number of aromatic amines is 1. The first-order chi connectivity index (χ1) is 17.3. The molecule has 4 rings (SSSR count). The molecule has 0 radical (unpaired) electrons. The fourth-order valence-corrected chi connectivity index (χ4v) is 4.57. The van der Waals surface area contributed by atoms with Gasteiger partial charge in [0.05, 0.1) is 12.2 Å². The summed E-state index contributed by atoms with van der Waals surface area (Å²) < 4.78 is 23.7. The van der Waals surface area contributed by atoms with Crippen LogP contribution < -0.4 is 10.9 Å². The van der Waals surface area contributed by atoms with Crippen LogP contribution in [-0.4, -0.2) is 69.4 Å². The topological polar surface area (TPSA) is 147 Å². The Kier molecular flexibility index (Phi) is 7.91. The van der Waals surface area contributed by atoms with Gasteiger partial charge >= 0.3 is 11.9 Å². The van der Waals surface area contributed by atoms with Crippen LogP contribution in [0.3, 0.4) is 0 Å². The number of nitrogens with zero attached hydrogens (tertiary/aromatic N) is 3. The molecule has 4 atom stereocenters. The summed E-state index contributed by atoms with van der Waals surface area (Å²) in [6.45, 7) is 4.41. The molecule has 1 saturated heterocycles. The van der Waals surface area contributed by atoms with Crippen molar-refractivity contribution >= 4 is 40.8 Å². The largest absolute Gasteiger partial charge is 0.463 e. The van der Waals surface area contributed by atoms with Crippen molar-refractivity contribution in [2.75, 3.05) is 24.9 Å². The van der Waals surface area contributed by atoms with Crippen molar-refractivity contribution in [2.45, 2.75) is 50.2 Å². The summed E-state index contributed by atoms with van der Waals surface area (Å²) in [4.78, 5) is 48.2. The van der Waals surface area contributed by atoms with E-state index in [1.165, 1.54) is 32.8 Å². The summed E-state index contributed by atoms with van der Waals surface area (Å²) in [5.74, 6) is -0.320. The summed E-state index contributed by atoms with van der Waals surface area (Å²) in [6.07, 6.45) is -1.88. The molecule has 0 saturated carbocycles. The van der Waals surface area contributed by atoms with Crippen LogP contribution in [-0.2, 0) is 28.5 Å². The van der Waals surface area contributed by atoms with E-state index in [1.807, 2.05) is 31.2 Å². The van der Waals surface area contributed by atoms with E-state index in [2.05, 4.69) is 20.3 Å². The molecule has 0 bridgehead atoms. The highest BCUT2D eigenvalue weighted by Gasteiger charge is 2.49. The van der Waals surface area contributed by atoms with Crippen molar-refractivity contribution in [3.63, 3.8) is 0 Å². The number of anilines is 1. The molecule has 1 fully saturated rings. The molecular formula is C23H27N5O7S. The molecule has 2 N–H and O–H groups in total. The van der Waals surface area contributed by atoms with Crippen LogP contribution in [0.5, 0.6) is 0 Å². The lowest BCUT2D eigenvalue weighted by Gasteiger charge is -2.22. The lowest BCUT2D eigenvalue weighted by atomic mass is 10.1. The second-order valence-electron chi connectivity index (χ2n) is 8.16. The molecule has 36 heavy (non-hydrogen) atoms. The van der Waals surface area contributed by atoms with Gasteiger partial charge in [0.15, 0.2) is 23.5 Å². The number of hydrogen-bond donors (Lipinski definition) is 2. The Morgan fingerprint density at radius 2 is 1.94 bits per heavy atom. The van der Waals surface area contributed by atoms with Crippen molar-refractivity contribution in [1.82, 2.24) is 19.5 Å². The predicted octanol–water partition coefficient (Wildman–Crippen LogP) is 2.00. The first kappa shape index (κ1) is 25.7. The number of aromatic nitrogens is 4. The number of fused-ring (bicyclic) bond motifs is 1. The second kappa shape index (κ2) is 11.1. The van der Waals surface area contributed by atoms with Crippen LogP contribution in [0.1, 0.15) is 25.6 Å². The number of esters is 2. The van der Waals surface area contributed by atoms with Gasteiger partial charge in [-0.15, -0.1) is 11.8 Å². The van der Waals surface area contributed by atoms with Crippen LogP contribution in [0.4, 0.5) is 5.95 Å². The summed E-state index contributed by atoms with van der Waals surface area (Å²) in [7, 11) is 1.44. The van der Waals surface area contributed by atoms with Crippen molar-refractivity contribution in [3.8, 4) is 0 Å². The molecule has 1 aliphatic rings. The van der Waals surface area contributed by atoms with Crippen molar-refractivity contribution in [2.24, 2.45) is 0 Å². The third-order valence-electron chi connectivity index (χ3n) is 5.52. The van der Waals surface area contributed by atoms with E-state index < -0.39 is 42.0 Å². The van der Waals surface area contributed by atoms with E-state index in [0.717, 1.165) is 4.90 Å². The molecular weight excluding hydrogens is 490 g/mol. The first-order valence-electron chi connectivity index (χ1n) is 11.2. The monoisotopic (exact) mass is 517 g/mol. The zero-order valence-electron chi connectivity index (χ0n) is 20.2. The Balaban J connectivity index is 1.58. The van der Waals surface area contributed by atoms with E-state index >= 15 is 0 Å². The number of carbonyl (C=O) groups excluding carboxylic acids is 2. The third kappa shape index (κ3) is 5.69. The van der Waals surface area contributed by atoms with Crippen LogP contribution in [0.15, 0.2) is 40.3 Å². The highest BCUT2D eigenvalue weighted by Crippen LogP contribution is 2.35. The van der Waals surface area contributed by atoms with Gasteiger partial charge in [-0.2, -0.15) is 4.98 Å². The average Bonchev–Trinajstić information content (AvgIpc) is 3.40. The number of rotatable bonds is 9. The van der Waals surface area contributed by atoms with E-state index in [1.54, 1.807) is 16.3 Å². The number of nitrogens with one attached hydrogen (secondary N) is 2. The SMILES string of the molecule is COC1C(OC(C)=O)C(COC(C)=O)OC1n1cnc2c(=O)[nH]c(NCSc3ccc(C)cc3)nc21. The maximum atomic E-state index is 12.7. The van der Waals surface area contributed by atoms with Crippen molar-refractivity contribution in [3.05, 3.63) is 46.5 Å². The highest BCUT2D eigenvalue weighted by molar-refractivity contribution is 7.99. The van der Waals surface area contributed by atoms with Gasteiger partial charge in [0.1, 0.15) is 18.8 Å². The summed E-state index contributed by atoms with van der Waals surface area (Å²) in [6, 6.07) is 8.09. The Bertz CT molecular complexity index is 1290. The molecule has 0 aliphatic carbocycles. The maximum absolute atomic E-state index is 12.7. The number of methoxy groups -OCH3 is 1. The lowest BCUT2D eigenvalue weighted by Crippen LogP contribution is -2.39. The Hall–Kier alpha value is -3.42. The molecule has 2 aromatic heterocycles. The quantitative estimate of drug-likeness (QED) is 0.244. The smallest absolute Gasteiger partial charge is 0.303 e. The van der Waals surface area contributed by atoms with E-state index in [-0.39, 0.29) is 23.7 Å². The summed E-state index contributed by atoms with van der Waals surface area (Å²) in [5, 5.41) is 3.11. The summed E-state index contributed by atoms with van der Waals surface area (Å²) in [5.41, 5.74) is 1.11. The fraction of sp³-hybridized carbons (Fsp3) is 0.435. The average molecular weight is 518 g/mol. The molecule has 1 aromatic carbocycles. The fourth-order valence-electron chi connectivity index (χ4n) is 3.87. The Morgan fingerprint density at radius 1 is 1.19 bits per heavy atom. The number of carbonyl (C=O) groups is 2. The van der Waals surface area contributed by atoms with Gasteiger partial charge in [0.2, 0.25) is 5.95 Å². The molecule has 4 unspecified atom stereocenters. The van der Waals surface area contributed by atoms with Gasteiger partial charge in [-0.1, -0.05) is 17.7 Å². The van der Waals surface area contributed by atoms with Gasteiger partial charge < -0.3 is 24.3 Å². The minimum absolute atomic E-state index is 0.109. The number of thioether (sulfide) groups is 1. The number of aryl methyl sites for hydroxylation is 1. The Morgan fingerprint density at radius 3 is 2.61 bits per heavy atom. The van der Waals surface area contributed by atoms with Gasteiger partial charge in [-0.05, 0) is 19.1 Å². The normalized spacial score (nSPS) is 21.4. The minimum Gasteiger partial charge on any atom is -0.463 e. The van der Waals surface area contributed by atoms with E-state index in [4.69, 9.17) is 18.9 Å². The number of imidazole rings is 1. The highest BCUT2D eigenvalue weighted by atomic mass is 32.2. The van der Waals surface area contributed by atoms with E-state index in [9.17, 15) is 14.4 Å². The maximum Gasteiger partial charge on any atom is 0.303 e. The minimum atomic E-state index is -0.861. The zero-order chi connectivity index (χ0) is 25.8. The summed E-state index contributed by atoms with van der Waals surface area (Å²) >= 11 is 1.55. The van der Waals surface area contributed by atoms with Crippen molar-refractivity contribution < 1.29 is 28.5 Å². The van der Waals surface area contributed by atoms with Crippen LogP contribution in [0.25, 0.3) is 11.2 Å². The number of ether oxygens (including phenoxy) is 4. The number of hydrogen-bond acceptors (Lipinski definition) is 11. The standard InChI is InChI=1S/C23H27N5O7S/c1-12-5-7-15(8-6-12)36-11-25-23-26-20-17(21(31)27-23)24-10-28(20)22-19(32-4)18(34-14(3)30)16(35-22)9-33-13(2)29/h5-8,10,16,18-19,22H,9,11H2,1-4H3,(H2,25,26,27,31). The lowest BCUT2D eigenvalue weighted by molar-refractivity contribution is -0.157. The number of H-pyrrole nitrogens is 1. The zero-order valence-corrected chi connectivity index (χ0v) is 21.0. The van der Waals surface area contributed by atoms with Crippen LogP contribution >= 0.6 is 11.8 Å². The molecule has 0 amide bonds. The van der Waals surface area contributed by atoms with Gasteiger partial charge in [-0.3, -0.25) is 23.9 Å². The molecule has 1 aliphatic heterocycles. The molecule has 13 heteroatoms. The van der Waals surface area contributed by atoms with E-state index in [0.29, 0.717) is 5.88 Å². The second-order valence-corrected chi connectivity index (χ2v) is 9.21. The van der Waals surface area contributed by atoms with Crippen molar-refractivity contribution in [1.29, 1.82) is 0 Å². The number of benzene rings is 1. The van der Waals surface area contributed by atoms with Crippen LogP contribution in [0.2, 0.25) is 0 Å². The predicted molar refractivity (Wildman–Crippen MR) is 131 cm³/mol. The first-order valence-corrected chi connectivity index (χ1v) is 12.1.